The number of carboxylic acid groups (broad SMARTS) is 1. The Balaban J connectivity index is 2.88. The average Bonchev–Trinajstić information content (AvgIpc) is 2.26. The highest BCUT2D eigenvalue weighted by molar-refractivity contribution is 9.10. The summed E-state index contributed by atoms with van der Waals surface area (Å²) in [4.78, 5) is 12.7. The van der Waals surface area contributed by atoms with Gasteiger partial charge in [0.1, 0.15) is 5.82 Å². The SMILES string of the molecule is CC(C)(C)N(CCC(=O)O)Cc1cc(F)ccc1Br. The van der Waals surface area contributed by atoms with E-state index >= 15 is 0 Å². The molecule has 0 spiro atoms. The molecule has 0 heterocycles. The molecule has 0 saturated heterocycles. The second-order valence-electron chi connectivity index (χ2n) is 5.47. The molecule has 0 aliphatic rings. The van der Waals surface area contributed by atoms with Crippen molar-refractivity contribution in [3.8, 4) is 0 Å². The zero-order chi connectivity index (χ0) is 14.6. The highest BCUT2D eigenvalue weighted by Crippen LogP contribution is 2.23. The van der Waals surface area contributed by atoms with Crippen LogP contribution < -0.4 is 0 Å². The molecule has 1 aromatic rings. The summed E-state index contributed by atoms with van der Waals surface area (Å²) < 4.78 is 14.1. The van der Waals surface area contributed by atoms with Crippen LogP contribution in [0.15, 0.2) is 22.7 Å². The van der Waals surface area contributed by atoms with Crippen molar-refractivity contribution in [2.24, 2.45) is 0 Å². The lowest BCUT2D eigenvalue weighted by atomic mass is 10.0. The number of hydrogen-bond donors (Lipinski definition) is 1. The molecule has 5 heteroatoms. The van der Waals surface area contributed by atoms with Crippen LogP contribution in [0.5, 0.6) is 0 Å². The van der Waals surface area contributed by atoms with Crippen LogP contribution in [0, 0.1) is 5.82 Å². The molecule has 0 aliphatic heterocycles. The summed E-state index contributed by atoms with van der Waals surface area (Å²) in [5.74, 6) is -1.11. The third-order valence-corrected chi connectivity index (χ3v) is 3.69. The maximum atomic E-state index is 13.3. The molecule has 0 radical (unpaired) electrons. The van der Waals surface area contributed by atoms with Crippen LogP contribution in [0.3, 0.4) is 0 Å². The fourth-order valence-corrected chi connectivity index (χ4v) is 2.12. The second kappa shape index (κ2) is 6.48. The third-order valence-electron chi connectivity index (χ3n) is 2.91. The van der Waals surface area contributed by atoms with Gasteiger partial charge in [0.2, 0.25) is 0 Å². The Kier molecular flexibility index (Phi) is 5.50. The Labute approximate surface area is 121 Å². The van der Waals surface area contributed by atoms with E-state index in [2.05, 4.69) is 15.9 Å². The minimum Gasteiger partial charge on any atom is -0.481 e. The molecular formula is C14H19BrFNO2. The van der Waals surface area contributed by atoms with Crippen LogP contribution >= 0.6 is 15.9 Å². The Bertz CT molecular complexity index is 457. The van der Waals surface area contributed by atoms with Crippen molar-refractivity contribution in [1.29, 1.82) is 0 Å². The number of aliphatic carboxylic acids is 1. The van der Waals surface area contributed by atoms with Gasteiger partial charge in [0, 0.05) is 23.1 Å². The van der Waals surface area contributed by atoms with Crippen LogP contribution in [0.4, 0.5) is 4.39 Å². The van der Waals surface area contributed by atoms with Gasteiger partial charge in [-0.05, 0) is 44.5 Å². The van der Waals surface area contributed by atoms with Gasteiger partial charge in [0.05, 0.1) is 6.42 Å². The molecule has 1 N–H and O–H groups in total. The van der Waals surface area contributed by atoms with Crippen molar-refractivity contribution in [1.82, 2.24) is 4.90 Å². The lowest BCUT2D eigenvalue weighted by Crippen LogP contribution is -2.42. The van der Waals surface area contributed by atoms with Gasteiger partial charge < -0.3 is 5.11 Å². The summed E-state index contributed by atoms with van der Waals surface area (Å²) in [7, 11) is 0. The molecule has 19 heavy (non-hydrogen) atoms. The van der Waals surface area contributed by atoms with Crippen LogP contribution in [-0.4, -0.2) is 28.1 Å². The molecule has 106 valence electrons. The first-order valence-electron chi connectivity index (χ1n) is 6.11. The van der Waals surface area contributed by atoms with Gasteiger partial charge >= 0.3 is 5.97 Å². The van der Waals surface area contributed by atoms with Gasteiger partial charge in [0.15, 0.2) is 0 Å². The molecule has 0 amide bonds. The second-order valence-corrected chi connectivity index (χ2v) is 6.33. The van der Waals surface area contributed by atoms with E-state index in [1.807, 2.05) is 25.7 Å². The van der Waals surface area contributed by atoms with Crippen LogP contribution in [0.2, 0.25) is 0 Å². The van der Waals surface area contributed by atoms with Gasteiger partial charge in [-0.2, -0.15) is 0 Å². The van der Waals surface area contributed by atoms with E-state index in [-0.39, 0.29) is 17.8 Å². The van der Waals surface area contributed by atoms with Gasteiger partial charge in [-0.1, -0.05) is 15.9 Å². The zero-order valence-corrected chi connectivity index (χ0v) is 13.0. The summed E-state index contributed by atoms with van der Waals surface area (Å²) in [5, 5.41) is 8.80. The van der Waals surface area contributed by atoms with Crippen molar-refractivity contribution in [2.45, 2.75) is 39.3 Å². The molecule has 3 nitrogen and oxygen atoms in total. The highest BCUT2D eigenvalue weighted by Gasteiger charge is 2.22. The number of nitrogens with zero attached hydrogens (tertiary/aromatic N) is 1. The van der Waals surface area contributed by atoms with Crippen molar-refractivity contribution in [3.05, 3.63) is 34.1 Å². The standard InChI is InChI=1S/C14H19BrFNO2/c1-14(2,3)17(7-6-13(18)19)9-10-8-11(16)4-5-12(10)15/h4-5,8H,6-7,9H2,1-3H3,(H,18,19). The Morgan fingerprint density at radius 3 is 2.58 bits per heavy atom. The minimum absolute atomic E-state index is 0.0736. The molecule has 0 saturated carbocycles. The number of halogens is 2. The average molecular weight is 332 g/mol. The number of hydrogen-bond acceptors (Lipinski definition) is 2. The topological polar surface area (TPSA) is 40.5 Å². The first-order chi connectivity index (χ1) is 8.70. The maximum Gasteiger partial charge on any atom is 0.304 e. The van der Waals surface area contributed by atoms with Crippen molar-refractivity contribution in [3.63, 3.8) is 0 Å². The van der Waals surface area contributed by atoms with E-state index < -0.39 is 5.97 Å². The van der Waals surface area contributed by atoms with E-state index in [1.165, 1.54) is 12.1 Å². The van der Waals surface area contributed by atoms with E-state index in [9.17, 15) is 9.18 Å². The molecule has 0 bridgehead atoms. The lowest BCUT2D eigenvalue weighted by molar-refractivity contribution is -0.137. The maximum absolute atomic E-state index is 13.3. The van der Waals surface area contributed by atoms with E-state index in [0.717, 1.165) is 10.0 Å². The number of benzene rings is 1. The molecular weight excluding hydrogens is 313 g/mol. The van der Waals surface area contributed by atoms with Crippen molar-refractivity contribution < 1.29 is 14.3 Å². The monoisotopic (exact) mass is 331 g/mol. The quantitative estimate of drug-likeness (QED) is 0.894. The van der Waals surface area contributed by atoms with E-state index in [1.54, 1.807) is 6.07 Å². The molecule has 0 fully saturated rings. The number of carboxylic acids is 1. The molecule has 0 aromatic heterocycles. The molecule has 1 rings (SSSR count). The summed E-state index contributed by atoms with van der Waals surface area (Å²) in [5.41, 5.74) is 0.640. The summed E-state index contributed by atoms with van der Waals surface area (Å²) in [6, 6.07) is 4.54. The van der Waals surface area contributed by atoms with E-state index in [4.69, 9.17) is 5.11 Å². The van der Waals surface area contributed by atoms with Crippen molar-refractivity contribution in [2.75, 3.05) is 6.54 Å². The third kappa shape index (κ3) is 5.28. The largest absolute Gasteiger partial charge is 0.481 e. The molecule has 1 aromatic carbocycles. The van der Waals surface area contributed by atoms with Crippen LogP contribution in [-0.2, 0) is 11.3 Å². The smallest absolute Gasteiger partial charge is 0.304 e. The van der Waals surface area contributed by atoms with Crippen LogP contribution in [0.1, 0.15) is 32.8 Å². The Hall–Kier alpha value is -0.940. The zero-order valence-electron chi connectivity index (χ0n) is 11.4. The van der Waals surface area contributed by atoms with Gasteiger partial charge in [0.25, 0.3) is 0 Å². The molecule has 0 aliphatic carbocycles. The molecule has 0 unspecified atom stereocenters. The van der Waals surface area contributed by atoms with Gasteiger partial charge in [-0.15, -0.1) is 0 Å². The van der Waals surface area contributed by atoms with Gasteiger partial charge in [-0.3, -0.25) is 9.69 Å². The molecule has 0 atom stereocenters. The number of carbonyl (C=O) groups is 1. The van der Waals surface area contributed by atoms with Crippen LogP contribution in [0.25, 0.3) is 0 Å². The summed E-state index contributed by atoms with van der Waals surface area (Å²) >= 11 is 3.40. The Morgan fingerprint density at radius 1 is 1.42 bits per heavy atom. The normalized spacial score (nSPS) is 11.9. The van der Waals surface area contributed by atoms with Crippen molar-refractivity contribution >= 4 is 21.9 Å². The van der Waals surface area contributed by atoms with Gasteiger partial charge in [-0.25, -0.2) is 4.39 Å². The summed E-state index contributed by atoms with van der Waals surface area (Å²) in [6.07, 6.45) is 0.0736. The predicted molar refractivity (Wildman–Crippen MR) is 76.5 cm³/mol. The highest BCUT2D eigenvalue weighted by atomic mass is 79.9. The lowest BCUT2D eigenvalue weighted by Gasteiger charge is -2.35. The predicted octanol–water partition coefficient (Wildman–Crippen LogP) is 3.66. The summed E-state index contributed by atoms with van der Waals surface area (Å²) in [6.45, 7) is 6.99. The Morgan fingerprint density at radius 2 is 2.05 bits per heavy atom. The minimum atomic E-state index is -0.826. The first-order valence-corrected chi connectivity index (χ1v) is 6.90. The van der Waals surface area contributed by atoms with E-state index in [0.29, 0.717) is 13.1 Å². The fourth-order valence-electron chi connectivity index (χ4n) is 1.75. The fraction of sp³-hybridized carbons (Fsp3) is 0.500. The first kappa shape index (κ1) is 16.1. The number of rotatable bonds is 5.